The minimum absolute atomic E-state index is 0.115. The molecule has 0 bridgehead atoms. The van der Waals surface area contributed by atoms with Crippen molar-refractivity contribution < 1.29 is 0 Å². The molecule has 2 rings (SSSR count). The van der Waals surface area contributed by atoms with Crippen molar-refractivity contribution in [3.63, 3.8) is 0 Å². The molecular formula is C15H21N3O. The van der Waals surface area contributed by atoms with E-state index in [9.17, 15) is 4.79 Å². The largest absolute Gasteiger partial charge is 0.393 e. The average molecular weight is 259 g/mol. The molecule has 0 saturated heterocycles. The molecule has 102 valence electrons. The highest BCUT2D eigenvalue weighted by molar-refractivity contribution is 5.46. The van der Waals surface area contributed by atoms with E-state index in [1.165, 1.54) is 0 Å². The van der Waals surface area contributed by atoms with E-state index in [0.717, 1.165) is 36.3 Å². The number of benzene rings is 1. The van der Waals surface area contributed by atoms with Gasteiger partial charge in [0.05, 0.1) is 11.4 Å². The molecule has 0 aliphatic carbocycles. The van der Waals surface area contributed by atoms with Crippen LogP contribution in [-0.4, -0.2) is 9.36 Å². The lowest BCUT2D eigenvalue weighted by Gasteiger charge is -2.13. The molecule has 4 nitrogen and oxygen atoms in total. The molecule has 2 N–H and O–H groups in total. The Morgan fingerprint density at radius 3 is 2.58 bits per heavy atom. The normalized spacial score (nSPS) is 10.9. The van der Waals surface area contributed by atoms with Crippen LogP contribution in [-0.2, 0) is 13.0 Å². The first-order valence-electron chi connectivity index (χ1n) is 6.77. The van der Waals surface area contributed by atoms with Crippen LogP contribution < -0.4 is 11.3 Å². The SMILES string of the molecule is CCCn1c(CC)c(N)c(=O)n1-c1cccc(C)c1. The van der Waals surface area contributed by atoms with Gasteiger partial charge in [-0.25, -0.2) is 4.68 Å². The van der Waals surface area contributed by atoms with Crippen molar-refractivity contribution in [1.29, 1.82) is 0 Å². The Bertz CT molecular complexity index is 637. The van der Waals surface area contributed by atoms with Gasteiger partial charge in [-0.1, -0.05) is 26.0 Å². The van der Waals surface area contributed by atoms with Gasteiger partial charge in [-0.05, 0) is 37.5 Å². The maximum atomic E-state index is 12.4. The molecule has 19 heavy (non-hydrogen) atoms. The average Bonchev–Trinajstić information content (AvgIpc) is 2.62. The number of nitrogen functional groups attached to an aromatic ring is 1. The summed E-state index contributed by atoms with van der Waals surface area (Å²) in [6, 6.07) is 7.93. The van der Waals surface area contributed by atoms with Gasteiger partial charge in [-0.2, -0.15) is 0 Å². The molecule has 2 aromatic rings. The predicted molar refractivity (Wildman–Crippen MR) is 78.8 cm³/mol. The lowest BCUT2D eigenvalue weighted by molar-refractivity contribution is 0.516. The molecule has 1 aromatic carbocycles. The lowest BCUT2D eigenvalue weighted by atomic mass is 10.2. The van der Waals surface area contributed by atoms with Gasteiger partial charge in [0.25, 0.3) is 5.56 Å². The molecular weight excluding hydrogens is 238 g/mol. The Morgan fingerprint density at radius 2 is 2.00 bits per heavy atom. The summed E-state index contributed by atoms with van der Waals surface area (Å²) >= 11 is 0. The van der Waals surface area contributed by atoms with Crippen molar-refractivity contribution in [2.45, 2.75) is 40.2 Å². The van der Waals surface area contributed by atoms with Crippen LogP contribution in [0, 0.1) is 6.92 Å². The zero-order chi connectivity index (χ0) is 14.0. The van der Waals surface area contributed by atoms with Gasteiger partial charge in [0.2, 0.25) is 0 Å². The minimum Gasteiger partial charge on any atom is -0.393 e. The van der Waals surface area contributed by atoms with Gasteiger partial charge in [0, 0.05) is 6.54 Å². The predicted octanol–water partition coefficient (Wildman–Crippen LogP) is 2.50. The number of aryl methyl sites for hydroxylation is 1. The highest BCUT2D eigenvalue weighted by atomic mass is 16.1. The van der Waals surface area contributed by atoms with Crippen LogP contribution in [0.1, 0.15) is 31.5 Å². The van der Waals surface area contributed by atoms with Gasteiger partial charge < -0.3 is 5.73 Å². The van der Waals surface area contributed by atoms with Crippen LogP contribution in [0.4, 0.5) is 5.69 Å². The fourth-order valence-corrected chi connectivity index (χ4v) is 2.44. The zero-order valence-corrected chi connectivity index (χ0v) is 11.8. The molecule has 0 fully saturated rings. The van der Waals surface area contributed by atoms with E-state index < -0.39 is 0 Å². The van der Waals surface area contributed by atoms with Gasteiger partial charge in [-0.3, -0.25) is 9.48 Å². The summed E-state index contributed by atoms with van der Waals surface area (Å²) in [6.45, 7) is 6.94. The smallest absolute Gasteiger partial charge is 0.294 e. The summed E-state index contributed by atoms with van der Waals surface area (Å²) < 4.78 is 3.71. The maximum absolute atomic E-state index is 12.4. The van der Waals surface area contributed by atoms with E-state index in [2.05, 4.69) is 6.92 Å². The Labute approximate surface area is 113 Å². The van der Waals surface area contributed by atoms with Crippen molar-refractivity contribution in [2.75, 3.05) is 5.73 Å². The Balaban J connectivity index is 2.71. The van der Waals surface area contributed by atoms with Crippen LogP contribution in [0.5, 0.6) is 0 Å². The first-order chi connectivity index (χ1) is 9.10. The van der Waals surface area contributed by atoms with Gasteiger partial charge in [-0.15, -0.1) is 0 Å². The molecule has 0 aliphatic rings. The van der Waals surface area contributed by atoms with Crippen molar-refractivity contribution in [3.05, 3.63) is 45.9 Å². The van der Waals surface area contributed by atoms with Crippen molar-refractivity contribution in [3.8, 4) is 5.69 Å². The van der Waals surface area contributed by atoms with Crippen LogP contribution in [0.15, 0.2) is 29.1 Å². The van der Waals surface area contributed by atoms with E-state index in [1.807, 2.05) is 42.8 Å². The van der Waals surface area contributed by atoms with Gasteiger partial charge >= 0.3 is 0 Å². The molecule has 0 spiro atoms. The molecule has 0 aliphatic heterocycles. The first kappa shape index (κ1) is 13.5. The topological polar surface area (TPSA) is 52.9 Å². The van der Waals surface area contributed by atoms with Crippen LogP contribution in [0.2, 0.25) is 0 Å². The molecule has 0 radical (unpaired) electrons. The molecule has 0 atom stereocenters. The quantitative estimate of drug-likeness (QED) is 0.917. The first-order valence-corrected chi connectivity index (χ1v) is 6.77. The number of nitrogens with zero attached hydrogens (tertiary/aromatic N) is 2. The van der Waals surface area contributed by atoms with Crippen LogP contribution in [0.3, 0.4) is 0 Å². The van der Waals surface area contributed by atoms with E-state index in [4.69, 9.17) is 5.73 Å². The number of anilines is 1. The van der Waals surface area contributed by atoms with E-state index in [-0.39, 0.29) is 5.56 Å². The summed E-state index contributed by atoms with van der Waals surface area (Å²) in [5.41, 5.74) is 9.16. The van der Waals surface area contributed by atoms with Gasteiger partial charge in [0.15, 0.2) is 0 Å². The van der Waals surface area contributed by atoms with E-state index in [0.29, 0.717) is 5.69 Å². The monoisotopic (exact) mass is 259 g/mol. The number of hydrogen-bond donors (Lipinski definition) is 1. The number of rotatable bonds is 4. The molecule has 0 unspecified atom stereocenters. The van der Waals surface area contributed by atoms with Gasteiger partial charge in [0.1, 0.15) is 5.69 Å². The number of nitrogens with two attached hydrogens (primary N) is 1. The fraction of sp³-hybridized carbons (Fsp3) is 0.400. The third-order valence-electron chi connectivity index (χ3n) is 3.30. The van der Waals surface area contributed by atoms with Crippen molar-refractivity contribution in [1.82, 2.24) is 9.36 Å². The Morgan fingerprint density at radius 1 is 1.26 bits per heavy atom. The number of hydrogen-bond acceptors (Lipinski definition) is 2. The summed E-state index contributed by atoms with van der Waals surface area (Å²) in [4.78, 5) is 12.4. The maximum Gasteiger partial charge on any atom is 0.294 e. The molecule has 0 amide bonds. The second-order valence-electron chi connectivity index (χ2n) is 4.79. The Kier molecular flexibility index (Phi) is 3.79. The molecule has 4 heteroatoms. The van der Waals surface area contributed by atoms with Crippen LogP contribution in [0.25, 0.3) is 5.69 Å². The third kappa shape index (κ3) is 2.30. The van der Waals surface area contributed by atoms with E-state index in [1.54, 1.807) is 4.68 Å². The highest BCUT2D eigenvalue weighted by Gasteiger charge is 2.16. The zero-order valence-electron chi connectivity index (χ0n) is 11.8. The minimum atomic E-state index is -0.115. The van der Waals surface area contributed by atoms with Crippen molar-refractivity contribution in [2.24, 2.45) is 0 Å². The van der Waals surface area contributed by atoms with Crippen LogP contribution >= 0.6 is 0 Å². The van der Waals surface area contributed by atoms with E-state index >= 15 is 0 Å². The second-order valence-corrected chi connectivity index (χ2v) is 4.79. The summed E-state index contributed by atoms with van der Waals surface area (Å²) in [5, 5.41) is 0. The third-order valence-corrected chi connectivity index (χ3v) is 3.30. The summed E-state index contributed by atoms with van der Waals surface area (Å²) in [7, 11) is 0. The molecule has 0 saturated carbocycles. The second kappa shape index (κ2) is 5.34. The summed E-state index contributed by atoms with van der Waals surface area (Å²) in [5.74, 6) is 0. The highest BCUT2D eigenvalue weighted by Crippen LogP contribution is 2.15. The summed E-state index contributed by atoms with van der Waals surface area (Å²) in [6.07, 6.45) is 1.73. The number of aromatic nitrogens is 2. The fourth-order valence-electron chi connectivity index (χ4n) is 2.44. The lowest BCUT2D eigenvalue weighted by Crippen LogP contribution is -2.22. The molecule has 1 heterocycles. The van der Waals surface area contributed by atoms with Crippen molar-refractivity contribution >= 4 is 5.69 Å². The standard InChI is InChI=1S/C15H21N3O/c1-4-9-17-13(5-2)14(16)15(19)18(17)12-8-6-7-11(3)10-12/h6-8,10H,4-5,9,16H2,1-3H3. The Hall–Kier alpha value is -1.97. The molecule has 1 aromatic heterocycles.